The number of nitriles is 1. The van der Waals surface area contributed by atoms with Crippen molar-refractivity contribution in [1.82, 2.24) is 4.90 Å². The van der Waals surface area contributed by atoms with Crippen molar-refractivity contribution in [2.75, 3.05) is 6.54 Å². The predicted molar refractivity (Wildman–Crippen MR) is 41.0 cm³/mol. The summed E-state index contributed by atoms with van der Waals surface area (Å²) in [6.45, 7) is 3.90. The molecule has 0 aromatic heterocycles. The van der Waals surface area contributed by atoms with Gasteiger partial charge in [0, 0.05) is 12.6 Å². The van der Waals surface area contributed by atoms with Gasteiger partial charge in [-0.3, -0.25) is 9.59 Å². The topological polar surface area (TPSA) is 61.2 Å². The van der Waals surface area contributed by atoms with Gasteiger partial charge in [0.15, 0.2) is 0 Å². The zero-order valence-electron chi connectivity index (χ0n) is 7.07. The molecule has 0 bridgehead atoms. The molecular formula is C8H10N2O2. The Kier molecular flexibility index (Phi) is 2.13. The zero-order chi connectivity index (χ0) is 9.30. The van der Waals surface area contributed by atoms with E-state index in [-0.39, 0.29) is 12.6 Å². The summed E-state index contributed by atoms with van der Waals surface area (Å²) in [5, 5.41) is 8.50. The maximum atomic E-state index is 11.1. The molecule has 4 nitrogen and oxygen atoms in total. The van der Waals surface area contributed by atoms with Gasteiger partial charge in [-0.2, -0.15) is 5.26 Å². The Balaban J connectivity index is 2.83. The number of carbonyl (C=O) groups is 2. The van der Waals surface area contributed by atoms with Gasteiger partial charge in [-0.1, -0.05) is 0 Å². The highest BCUT2D eigenvalue weighted by molar-refractivity contribution is 6.39. The van der Waals surface area contributed by atoms with Gasteiger partial charge in [-0.15, -0.1) is 0 Å². The Morgan fingerprint density at radius 3 is 2.42 bits per heavy atom. The van der Waals surface area contributed by atoms with Crippen LogP contribution in [0.25, 0.3) is 0 Å². The minimum Gasteiger partial charge on any atom is -0.332 e. The van der Waals surface area contributed by atoms with E-state index in [0.29, 0.717) is 0 Å². The Morgan fingerprint density at radius 2 is 2.17 bits per heavy atom. The van der Waals surface area contributed by atoms with Gasteiger partial charge in [0.1, 0.15) is 5.92 Å². The molecule has 0 aromatic rings. The lowest BCUT2D eigenvalue weighted by Crippen LogP contribution is -2.33. The number of hydrogen-bond donors (Lipinski definition) is 0. The normalized spacial score (nSPS) is 23.5. The summed E-state index contributed by atoms with van der Waals surface area (Å²) in [6, 6.07) is 1.82. The van der Waals surface area contributed by atoms with Crippen LogP contribution >= 0.6 is 0 Å². The summed E-state index contributed by atoms with van der Waals surface area (Å²) < 4.78 is 0. The highest BCUT2D eigenvalue weighted by atomic mass is 16.2. The molecule has 0 radical (unpaired) electrons. The molecule has 0 aromatic carbocycles. The molecule has 0 N–H and O–H groups in total. The predicted octanol–water partition coefficient (Wildman–Crippen LogP) is -0.0541. The summed E-state index contributed by atoms with van der Waals surface area (Å²) in [5.74, 6) is -1.83. The maximum Gasteiger partial charge on any atom is 0.291 e. The summed E-state index contributed by atoms with van der Waals surface area (Å²) in [4.78, 5) is 23.6. The summed E-state index contributed by atoms with van der Waals surface area (Å²) >= 11 is 0. The molecule has 12 heavy (non-hydrogen) atoms. The van der Waals surface area contributed by atoms with Crippen molar-refractivity contribution in [3.05, 3.63) is 0 Å². The number of nitrogens with zero attached hydrogens (tertiary/aromatic N) is 2. The third-order valence-electron chi connectivity index (χ3n) is 1.95. The average molecular weight is 166 g/mol. The van der Waals surface area contributed by atoms with Crippen molar-refractivity contribution in [3.63, 3.8) is 0 Å². The van der Waals surface area contributed by atoms with E-state index < -0.39 is 17.6 Å². The van der Waals surface area contributed by atoms with E-state index in [1.54, 1.807) is 0 Å². The second-order valence-electron chi connectivity index (χ2n) is 3.10. The van der Waals surface area contributed by atoms with Crippen molar-refractivity contribution in [1.29, 1.82) is 5.26 Å². The molecule has 1 aliphatic heterocycles. The molecular weight excluding hydrogens is 156 g/mol. The third kappa shape index (κ3) is 1.18. The van der Waals surface area contributed by atoms with E-state index in [1.807, 2.05) is 19.9 Å². The highest BCUT2D eigenvalue weighted by Crippen LogP contribution is 2.15. The minimum atomic E-state index is -0.750. The summed E-state index contributed by atoms with van der Waals surface area (Å²) in [6.07, 6.45) is 0. The Labute approximate surface area is 70.8 Å². The number of carbonyl (C=O) groups excluding carboxylic acids is 2. The van der Waals surface area contributed by atoms with Crippen LogP contribution in [0.5, 0.6) is 0 Å². The van der Waals surface area contributed by atoms with Gasteiger partial charge in [-0.05, 0) is 13.8 Å². The highest BCUT2D eigenvalue weighted by Gasteiger charge is 2.39. The second kappa shape index (κ2) is 2.94. The van der Waals surface area contributed by atoms with Crippen LogP contribution in [-0.2, 0) is 9.59 Å². The van der Waals surface area contributed by atoms with Crippen molar-refractivity contribution < 1.29 is 9.59 Å². The lowest BCUT2D eigenvalue weighted by Gasteiger charge is -2.18. The number of rotatable bonds is 1. The Bertz CT molecular complexity index is 265. The van der Waals surface area contributed by atoms with Crippen LogP contribution in [0.4, 0.5) is 0 Å². The molecule has 0 unspecified atom stereocenters. The fourth-order valence-electron chi connectivity index (χ4n) is 1.20. The first-order chi connectivity index (χ1) is 5.57. The van der Waals surface area contributed by atoms with E-state index >= 15 is 0 Å². The number of amides is 1. The van der Waals surface area contributed by atoms with Crippen molar-refractivity contribution in [2.24, 2.45) is 5.92 Å². The molecule has 64 valence electrons. The number of ketones is 1. The molecule has 0 saturated carbocycles. The fraction of sp³-hybridized carbons (Fsp3) is 0.625. The SMILES string of the molecule is CC(C)N1C[C@H](C#N)C(=O)C1=O. The molecule has 1 aliphatic rings. The Hall–Kier alpha value is -1.37. The standard InChI is InChI=1S/C8H10N2O2/c1-5(2)10-4-6(3-9)7(11)8(10)12/h5-6H,4H2,1-2H3/t6-/m0/s1. The first kappa shape index (κ1) is 8.72. The number of hydrogen-bond acceptors (Lipinski definition) is 3. The van der Waals surface area contributed by atoms with Crippen LogP contribution in [0.2, 0.25) is 0 Å². The van der Waals surface area contributed by atoms with Gasteiger partial charge in [0.25, 0.3) is 5.91 Å². The van der Waals surface area contributed by atoms with Crippen LogP contribution in [0.3, 0.4) is 0 Å². The van der Waals surface area contributed by atoms with E-state index in [1.165, 1.54) is 4.90 Å². The smallest absolute Gasteiger partial charge is 0.291 e. The van der Waals surface area contributed by atoms with E-state index in [4.69, 9.17) is 5.26 Å². The first-order valence-electron chi connectivity index (χ1n) is 3.82. The fourth-order valence-corrected chi connectivity index (χ4v) is 1.20. The molecule has 1 atom stereocenters. The zero-order valence-corrected chi connectivity index (χ0v) is 7.07. The summed E-state index contributed by atoms with van der Waals surface area (Å²) in [5.41, 5.74) is 0. The van der Waals surface area contributed by atoms with E-state index in [2.05, 4.69) is 0 Å². The van der Waals surface area contributed by atoms with Crippen LogP contribution < -0.4 is 0 Å². The quantitative estimate of drug-likeness (QED) is 0.513. The molecule has 1 amide bonds. The van der Waals surface area contributed by atoms with Crippen LogP contribution in [0, 0.1) is 17.2 Å². The minimum absolute atomic E-state index is 0.000185. The van der Waals surface area contributed by atoms with Crippen molar-refractivity contribution in [3.8, 4) is 6.07 Å². The second-order valence-corrected chi connectivity index (χ2v) is 3.10. The van der Waals surface area contributed by atoms with Crippen LogP contribution in [-0.4, -0.2) is 29.2 Å². The van der Waals surface area contributed by atoms with Gasteiger partial charge in [0.05, 0.1) is 6.07 Å². The number of Topliss-reactive ketones (excluding diaryl/α,β-unsaturated/α-hetero) is 1. The van der Waals surface area contributed by atoms with Gasteiger partial charge in [0.2, 0.25) is 5.78 Å². The molecule has 1 heterocycles. The lowest BCUT2D eigenvalue weighted by molar-refractivity contribution is -0.141. The first-order valence-corrected chi connectivity index (χ1v) is 3.82. The number of likely N-dealkylation sites (tertiary alicyclic amines) is 1. The van der Waals surface area contributed by atoms with Gasteiger partial charge in [-0.25, -0.2) is 0 Å². The third-order valence-corrected chi connectivity index (χ3v) is 1.95. The average Bonchev–Trinajstić information content (AvgIpc) is 2.30. The molecule has 1 rings (SSSR count). The molecule has 0 spiro atoms. The van der Waals surface area contributed by atoms with Gasteiger partial charge >= 0.3 is 0 Å². The summed E-state index contributed by atoms with van der Waals surface area (Å²) in [7, 11) is 0. The molecule has 1 fully saturated rings. The van der Waals surface area contributed by atoms with Crippen LogP contribution in [0.1, 0.15) is 13.8 Å². The lowest BCUT2D eigenvalue weighted by atomic mass is 10.1. The molecule has 0 aliphatic carbocycles. The Morgan fingerprint density at radius 1 is 1.58 bits per heavy atom. The van der Waals surface area contributed by atoms with Gasteiger partial charge < -0.3 is 4.90 Å². The molecule has 4 heteroatoms. The maximum absolute atomic E-state index is 11.1. The molecule has 1 saturated heterocycles. The van der Waals surface area contributed by atoms with E-state index in [0.717, 1.165) is 0 Å². The largest absolute Gasteiger partial charge is 0.332 e. The van der Waals surface area contributed by atoms with Crippen molar-refractivity contribution in [2.45, 2.75) is 19.9 Å². The van der Waals surface area contributed by atoms with Crippen molar-refractivity contribution >= 4 is 11.7 Å². The van der Waals surface area contributed by atoms with Crippen LogP contribution in [0.15, 0.2) is 0 Å². The monoisotopic (exact) mass is 166 g/mol. The van der Waals surface area contributed by atoms with E-state index in [9.17, 15) is 9.59 Å².